The largest absolute Gasteiger partial charge is 0.340 e. The van der Waals surface area contributed by atoms with Crippen molar-refractivity contribution in [1.29, 1.82) is 0 Å². The number of carbonyl (C=O) groups excluding carboxylic acids is 2. The van der Waals surface area contributed by atoms with Gasteiger partial charge in [-0.1, -0.05) is 60.7 Å². The van der Waals surface area contributed by atoms with Gasteiger partial charge in [0.2, 0.25) is 5.91 Å². The number of hydrogen-bond donors (Lipinski definition) is 0. The number of benzene rings is 2. The minimum atomic E-state index is -0.129. The highest BCUT2D eigenvalue weighted by atomic mass is 16.2. The SMILES string of the molecule is Cc1cnc(C(=O)N(CCC(=O)N2CCN(C(c3ccccc3)c3ccccc3)CC2)C2CC2)cn1. The van der Waals surface area contributed by atoms with E-state index in [1.165, 1.54) is 17.3 Å². The quantitative estimate of drug-likeness (QED) is 0.489. The molecule has 0 unspecified atom stereocenters. The highest BCUT2D eigenvalue weighted by molar-refractivity contribution is 5.92. The molecule has 1 saturated heterocycles. The zero-order chi connectivity index (χ0) is 24.9. The summed E-state index contributed by atoms with van der Waals surface area (Å²) in [7, 11) is 0. The molecule has 186 valence electrons. The maximum absolute atomic E-state index is 13.1. The minimum absolute atomic E-state index is 0.110. The van der Waals surface area contributed by atoms with Crippen LogP contribution in [0, 0.1) is 6.92 Å². The van der Waals surface area contributed by atoms with Crippen LogP contribution in [0.1, 0.15) is 52.6 Å². The first kappa shape index (κ1) is 24.1. The zero-order valence-electron chi connectivity index (χ0n) is 20.8. The van der Waals surface area contributed by atoms with Crippen molar-refractivity contribution in [2.24, 2.45) is 0 Å². The van der Waals surface area contributed by atoms with E-state index in [0.29, 0.717) is 31.7 Å². The fourth-order valence-corrected chi connectivity index (χ4v) is 4.97. The number of rotatable bonds is 8. The first-order valence-electron chi connectivity index (χ1n) is 12.8. The van der Waals surface area contributed by atoms with Gasteiger partial charge in [0, 0.05) is 51.4 Å². The van der Waals surface area contributed by atoms with Crippen molar-refractivity contribution >= 4 is 11.8 Å². The Bertz CT molecular complexity index is 1120. The van der Waals surface area contributed by atoms with Crippen LogP contribution in [0.4, 0.5) is 0 Å². The van der Waals surface area contributed by atoms with Gasteiger partial charge in [-0.05, 0) is 30.9 Å². The van der Waals surface area contributed by atoms with Crippen molar-refractivity contribution in [2.45, 2.75) is 38.3 Å². The van der Waals surface area contributed by atoms with Gasteiger partial charge in [0.15, 0.2) is 0 Å². The Labute approximate surface area is 212 Å². The second kappa shape index (κ2) is 11.0. The lowest BCUT2D eigenvalue weighted by Crippen LogP contribution is -2.50. The van der Waals surface area contributed by atoms with Gasteiger partial charge < -0.3 is 9.80 Å². The normalized spacial score (nSPS) is 16.2. The Balaban J connectivity index is 1.19. The van der Waals surface area contributed by atoms with E-state index in [0.717, 1.165) is 31.6 Å². The van der Waals surface area contributed by atoms with E-state index in [2.05, 4.69) is 63.4 Å². The number of aromatic nitrogens is 2. The van der Waals surface area contributed by atoms with Gasteiger partial charge in [0.05, 0.1) is 17.9 Å². The van der Waals surface area contributed by atoms with Crippen molar-refractivity contribution in [2.75, 3.05) is 32.7 Å². The second-order valence-electron chi connectivity index (χ2n) is 9.66. The van der Waals surface area contributed by atoms with E-state index in [1.54, 1.807) is 6.20 Å². The molecular formula is C29H33N5O2. The van der Waals surface area contributed by atoms with Crippen molar-refractivity contribution in [3.63, 3.8) is 0 Å². The Morgan fingerprint density at radius 1 is 0.889 bits per heavy atom. The maximum atomic E-state index is 13.1. The molecule has 36 heavy (non-hydrogen) atoms. The Kier molecular flexibility index (Phi) is 7.37. The molecule has 0 spiro atoms. The van der Waals surface area contributed by atoms with Gasteiger partial charge in [-0.2, -0.15) is 0 Å². The molecule has 1 aliphatic carbocycles. The highest BCUT2D eigenvalue weighted by Crippen LogP contribution is 2.30. The lowest BCUT2D eigenvalue weighted by atomic mass is 9.96. The molecule has 2 amide bonds. The molecule has 1 aromatic heterocycles. The van der Waals surface area contributed by atoms with Crippen LogP contribution >= 0.6 is 0 Å². The van der Waals surface area contributed by atoms with Gasteiger partial charge in [0.25, 0.3) is 5.91 Å². The van der Waals surface area contributed by atoms with Crippen LogP contribution in [0.15, 0.2) is 73.1 Å². The Morgan fingerprint density at radius 3 is 2.03 bits per heavy atom. The van der Waals surface area contributed by atoms with Crippen LogP contribution in [0.25, 0.3) is 0 Å². The molecule has 0 N–H and O–H groups in total. The molecule has 7 nitrogen and oxygen atoms in total. The number of hydrogen-bond acceptors (Lipinski definition) is 5. The summed E-state index contributed by atoms with van der Waals surface area (Å²) in [5.41, 5.74) is 3.66. The van der Waals surface area contributed by atoms with E-state index in [4.69, 9.17) is 0 Å². The summed E-state index contributed by atoms with van der Waals surface area (Å²) in [6, 6.07) is 21.5. The summed E-state index contributed by atoms with van der Waals surface area (Å²) in [6.45, 7) is 5.27. The third-order valence-corrected chi connectivity index (χ3v) is 7.08. The number of carbonyl (C=O) groups is 2. The monoisotopic (exact) mass is 483 g/mol. The summed E-state index contributed by atoms with van der Waals surface area (Å²) in [6.07, 6.45) is 5.45. The average Bonchev–Trinajstić information content (AvgIpc) is 3.76. The predicted molar refractivity (Wildman–Crippen MR) is 138 cm³/mol. The fraction of sp³-hybridized carbons (Fsp3) is 0.379. The van der Waals surface area contributed by atoms with Gasteiger partial charge in [-0.25, -0.2) is 4.98 Å². The van der Waals surface area contributed by atoms with Gasteiger partial charge >= 0.3 is 0 Å². The third kappa shape index (κ3) is 5.62. The summed E-state index contributed by atoms with van der Waals surface area (Å²) < 4.78 is 0. The molecule has 2 heterocycles. The molecule has 1 aliphatic heterocycles. The average molecular weight is 484 g/mol. The van der Waals surface area contributed by atoms with Gasteiger partial charge in [-0.3, -0.25) is 19.5 Å². The number of aryl methyl sites for hydroxylation is 1. The van der Waals surface area contributed by atoms with Gasteiger partial charge in [0.1, 0.15) is 5.69 Å². The summed E-state index contributed by atoms with van der Waals surface area (Å²) in [4.78, 5) is 40.8. The van der Waals surface area contributed by atoms with Crippen molar-refractivity contribution in [3.8, 4) is 0 Å². The number of piperazine rings is 1. The molecule has 2 fully saturated rings. The molecule has 1 saturated carbocycles. The molecular weight excluding hydrogens is 450 g/mol. The molecule has 3 aromatic rings. The topological polar surface area (TPSA) is 69.6 Å². The van der Waals surface area contributed by atoms with E-state index >= 15 is 0 Å². The molecule has 0 radical (unpaired) electrons. The molecule has 2 aliphatic rings. The minimum Gasteiger partial charge on any atom is -0.340 e. The standard InChI is InChI=1S/C29H33N5O2/c1-22-20-31-26(21-30-22)29(36)34(25-12-13-25)15-14-27(35)32-16-18-33(19-17-32)28(23-8-4-2-5-9-23)24-10-6-3-7-11-24/h2-11,20-21,25,28H,12-19H2,1H3. The number of nitrogens with zero attached hydrogens (tertiary/aromatic N) is 5. The van der Waals surface area contributed by atoms with Crippen LogP contribution in [-0.2, 0) is 4.79 Å². The van der Waals surface area contributed by atoms with E-state index in [9.17, 15) is 9.59 Å². The van der Waals surface area contributed by atoms with Crippen molar-refractivity contribution in [3.05, 3.63) is 95.6 Å². The third-order valence-electron chi connectivity index (χ3n) is 7.08. The molecule has 5 rings (SSSR count). The predicted octanol–water partition coefficient (Wildman–Crippen LogP) is 3.71. The van der Waals surface area contributed by atoms with Crippen LogP contribution in [0.5, 0.6) is 0 Å². The molecule has 0 atom stereocenters. The first-order valence-corrected chi connectivity index (χ1v) is 12.8. The lowest BCUT2D eigenvalue weighted by molar-refractivity contribution is -0.133. The molecule has 2 aromatic carbocycles. The summed E-state index contributed by atoms with van der Waals surface area (Å²) >= 11 is 0. The smallest absolute Gasteiger partial charge is 0.274 e. The van der Waals surface area contributed by atoms with Crippen molar-refractivity contribution in [1.82, 2.24) is 24.7 Å². The van der Waals surface area contributed by atoms with E-state index in [1.807, 2.05) is 28.9 Å². The second-order valence-corrected chi connectivity index (χ2v) is 9.66. The fourth-order valence-electron chi connectivity index (χ4n) is 4.97. The van der Waals surface area contributed by atoms with Crippen molar-refractivity contribution < 1.29 is 9.59 Å². The maximum Gasteiger partial charge on any atom is 0.274 e. The highest BCUT2D eigenvalue weighted by Gasteiger charge is 2.34. The van der Waals surface area contributed by atoms with Crippen LogP contribution in [0.2, 0.25) is 0 Å². The van der Waals surface area contributed by atoms with Crippen LogP contribution < -0.4 is 0 Å². The van der Waals surface area contributed by atoms with Crippen LogP contribution in [0.3, 0.4) is 0 Å². The first-order chi connectivity index (χ1) is 17.6. The summed E-state index contributed by atoms with van der Waals surface area (Å²) in [5.74, 6) is -0.0183. The van der Waals surface area contributed by atoms with E-state index in [-0.39, 0.29) is 23.9 Å². The van der Waals surface area contributed by atoms with Gasteiger partial charge in [-0.15, -0.1) is 0 Å². The zero-order valence-corrected chi connectivity index (χ0v) is 20.8. The van der Waals surface area contributed by atoms with Crippen LogP contribution in [-0.4, -0.2) is 75.2 Å². The summed E-state index contributed by atoms with van der Waals surface area (Å²) in [5, 5.41) is 0. The van der Waals surface area contributed by atoms with E-state index < -0.39 is 0 Å². The molecule has 0 bridgehead atoms. The number of amides is 2. The Hall–Kier alpha value is -3.58. The lowest BCUT2D eigenvalue weighted by Gasteiger charge is -2.40. The molecule has 7 heteroatoms. The Morgan fingerprint density at radius 2 is 1.50 bits per heavy atom.